The van der Waals surface area contributed by atoms with Gasteiger partial charge in [0.2, 0.25) is 0 Å². The Balaban J connectivity index is 1.98. The number of hydrogen-bond acceptors (Lipinski definition) is 3. The fraction of sp³-hybridized carbons (Fsp3) is 0.467. The molecule has 0 spiro atoms. The van der Waals surface area contributed by atoms with Crippen LogP contribution in [0.3, 0.4) is 0 Å². The predicted molar refractivity (Wildman–Crippen MR) is 78.7 cm³/mol. The minimum atomic E-state index is -0.983. The molecule has 1 fully saturated rings. The molecule has 0 heterocycles. The van der Waals surface area contributed by atoms with Crippen LogP contribution in [-0.4, -0.2) is 36.4 Å². The molecule has 1 aromatic carbocycles. The van der Waals surface area contributed by atoms with Crippen LogP contribution in [0.25, 0.3) is 0 Å². The summed E-state index contributed by atoms with van der Waals surface area (Å²) in [7, 11) is 1.65. The predicted octanol–water partition coefficient (Wildman–Crippen LogP) is 2.38. The van der Waals surface area contributed by atoms with E-state index in [9.17, 15) is 9.59 Å². The van der Waals surface area contributed by atoms with E-state index in [1.807, 2.05) is 0 Å². The molecule has 0 aromatic heterocycles. The average molecular weight is 292 g/mol. The Morgan fingerprint density at radius 2 is 2.10 bits per heavy atom. The lowest BCUT2D eigenvalue weighted by Gasteiger charge is -2.20. The Hall–Kier alpha value is -2.08. The van der Waals surface area contributed by atoms with Crippen molar-refractivity contribution < 1.29 is 19.4 Å². The molecular weight excluding hydrogens is 272 g/mol. The quantitative estimate of drug-likeness (QED) is 0.795. The van der Waals surface area contributed by atoms with Crippen LogP contribution in [0.4, 0.5) is 10.5 Å². The van der Waals surface area contributed by atoms with Crippen molar-refractivity contribution in [3.05, 3.63) is 29.3 Å². The number of carboxylic acids is 1. The summed E-state index contributed by atoms with van der Waals surface area (Å²) >= 11 is 0. The van der Waals surface area contributed by atoms with Crippen LogP contribution in [0.1, 0.15) is 35.2 Å². The Morgan fingerprint density at radius 1 is 1.33 bits per heavy atom. The van der Waals surface area contributed by atoms with E-state index < -0.39 is 5.97 Å². The third kappa shape index (κ3) is 3.72. The van der Waals surface area contributed by atoms with E-state index in [0.29, 0.717) is 11.3 Å². The first-order valence-electron chi connectivity index (χ1n) is 6.95. The summed E-state index contributed by atoms with van der Waals surface area (Å²) < 4.78 is 5.33. The summed E-state index contributed by atoms with van der Waals surface area (Å²) in [6.07, 6.45) is 2.96. The Morgan fingerprint density at radius 3 is 2.71 bits per heavy atom. The van der Waals surface area contributed by atoms with E-state index in [0.717, 1.165) is 19.3 Å². The normalized spacial score (nSPS) is 21.0. The molecule has 0 aliphatic heterocycles. The Bertz CT molecular complexity index is 544. The summed E-state index contributed by atoms with van der Waals surface area (Å²) in [6.45, 7) is 1.76. The number of urea groups is 1. The molecule has 0 radical (unpaired) electrons. The van der Waals surface area contributed by atoms with E-state index in [1.165, 1.54) is 12.1 Å². The molecule has 2 rings (SSSR count). The molecule has 3 N–H and O–H groups in total. The number of rotatable bonds is 4. The van der Waals surface area contributed by atoms with Crippen molar-refractivity contribution in [2.45, 2.75) is 38.3 Å². The number of amides is 2. The lowest BCUT2D eigenvalue weighted by molar-refractivity contribution is 0.0697. The molecule has 21 heavy (non-hydrogen) atoms. The summed E-state index contributed by atoms with van der Waals surface area (Å²) in [5, 5.41) is 14.6. The zero-order valence-electron chi connectivity index (χ0n) is 12.2. The molecule has 1 saturated carbocycles. The minimum Gasteiger partial charge on any atom is -0.478 e. The smallest absolute Gasteiger partial charge is 0.335 e. The number of carboxylic acid groups (broad SMARTS) is 1. The third-order valence-electron chi connectivity index (χ3n) is 3.79. The number of carbonyl (C=O) groups excluding carboxylic acids is 1. The Labute approximate surface area is 123 Å². The second-order valence-corrected chi connectivity index (χ2v) is 5.24. The van der Waals surface area contributed by atoms with Crippen LogP contribution in [0.15, 0.2) is 18.2 Å². The van der Waals surface area contributed by atoms with Gasteiger partial charge in [-0.05, 0) is 49.9 Å². The van der Waals surface area contributed by atoms with Crippen molar-refractivity contribution in [3.63, 3.8) is 0 Å². The van der Waals surface area contributed by atoms with E-state index in [-0.39, 0.29) is 23.7 Å². The fourth-order valence-corrected chi connectivity index (χ4v) is 2.64. The van der Waals surface area contributed by atoms with Gasteiger partial charge in [0.15, 0.2) is 0 Å². The first kappa shape index (κ1) is 15.3. The van der Waals surface area contributed by atoms with Gasteiger partial charge < -0.3 is 20.5 Å². The van der Waals surface area contributed by atoms with Crippen LogP contribution in [0, 0.1) is 6.92 Å². The lowest BCUT2D eigenvalue weighted by atomic mass is 10.1. The number of aryl methyl sites for hydroxylation is 1. The molecule has 0 bridgehead atoms. The summed E-state index contributed by atoms with van der Waals surface area (Å²) in [4.78, 5) is 22.9. The highest BCUT2D eigenvalue weighted by Crippen LogP contribution is 2.22. The van der Waals surface area contributed by atoms with Gasteiger partial charge in [-0.1, -0.05) is 0 Å². The average Bonchev–Trinajstić information content (AvgIpc) is 2.87. The first-order valence-corrected chi connectivity index (χ1v) is 6.95. The molecule has 0 saturated heterocycles. The van der Waals surface area contributed by atoms with Gasteiger partial charge in [-0.3, -0.25) is 0 Å². The number of methoxy groups -OCH3 is 1. The number of hydrogen-bond donors (Lipinski definition) is 3. The SMILES string of the molecule is COC1CCCC1NC(=O)Nc1ccc(C(=O)O)cc1C. The van der Waals surface area contributed by atoms with Gasteiger partial charge in [0.25, 0.3) is 0 Å². The maximum Gasteiger partial charge on any atom is 0.335 e. The highest BCUT2D eigenvalue weighted by Gasteiger charge is 2.28. The number of carbonyl (C=O) groups is 2. The van der Waals surface area contributed by atoms with Crippen molar-refractivity contribution in [2.24, 2.45) is 0 Å². The number of nitrogens with one attached hydrogen (secondary N) is 2. The van der Waals surface area contributed by atoms with Crippen LogP contribution in [0.5, 0.6) is 0 Å². The highest BCUT2D eigenvalue weighted by molar-refractivity contribution is 5.92. The molecular formula is C15H20N2O4. The van der Waals surface area contributed by atoms with Gasteiger partial charge in [0.1, 0.15) is 0 Å². The van der Waals surface area contributed by atoms with Crippen LogP contribution in [-0.2, 0) is 4.74 Å². The number of benzene rings is 1. The molecule has 2 atom stereocenters. The number of ether oxygens (including phenoxy) is 1. The van der Waals surface area contributed by atoms with Crippen LogP contribution >= 0.6 is 0 Å². The largest absolute Gasteiger partial charge is 0.478 e. The van der Waals surface area contributed by atoms with Gasteiger partial charge in [-0.2, -0.15) is 0 Å². The summed E-state index contributed by atoms with van der Waals surface area (Å²) in [5.41, 5.74) is 1.51. The second kappa shape index (κ2) is 6.58. The minimum absolute atomic E-state index is 0.0219. The van der Waals surface area contributed by atoms with Crippen molar-refractivity contribution in [2.75, 3.05) is 12.4 Å². The van der Waals surface area contributed by atoms with Gasteiger partial charge >= 0.3 is 12.0 Å². The van der Waals surface area contributed by atoms with Gasteiger partial charge in [-0.15, -0.1) is 0 Å². The van der Waals surface area contributed by atoms with Crippen molar-refractivity contribution in [1.82, 2.24) is 5.32 Å². The maximum absolute atomic E-state index is 12.0. The topological polar surface area (TPSA) is 87.7 Å². The van der Waals surface area contributed by atoms with Gasteiger partial charge in [0, 0.05) is 12.8 Å². The standard InChI is InChI=1S/C15H20N2O4/c1-9-8-10(14(18)19)6-7-11(9)16-15(20)17-12-4-3-5-13(12)21-2/h6-8,12-13H,3-5H2,1-2H3,(H,18,19)(H2,16,17,20). The van der Waals surface area contributed by atoms with Gasteiger partial charge in [0.05, 0.1) is 17.7 Å². The molecule has 1 aliphatic rings. The zero-order valence-corrected chi connectivity index (χ0v) is 12.2. The Kier molecular flexibility index (Phi) is 4.80. The second-order valence-electron chi connectivity index (χ2n) is 5.24. The highest BCUT2D eigenvalue weighted by atomic mass is 16.5. The third-order valence-corrected chi connectivity index (χ3v) is 3.79. The van der Waals surface area contributed by atoms with E-state index in [2.05, 4.69) is 10.6 Å². The zero-order chi connectivity index (χ0) is 15.4. The van der Waals surface area contributed by atoms with Crippen molar-refractivity contribution >= 4 is 17.7 Å². The lowest BCUT2D eigenvalue weighted by Crippen LogP contribution is -2.43. The molecule has 6 heteroatoms. The molecule has 1 aliphatic carbocycles. The van der Waals surface area contributed by atoms with E-state index >= 15 is 0 Å². The number of aromatic carboxylic acids is 1. The molecule has 114 valence electrons. The van der Waals surface area contributed by atoms with Crippen molar-refractivity contribution in [3.8, 4) is 0 Å². The monoisotopic (exact) mass is 292 g/mol. The summed E-state index contributed by atoms with van der Waals surface area (Å²) in [5.74, 6) is -0.983. The van der Waals surface area contributed by atoms with Gasteiger partial charge in [-0.25, -0.2) is 9.59 Å². The van der Waals surface area contributed by atoms with Crippen molar-refractivity contribution in [1.29, 1.82) is 0 Å². The first-order chi connectivity index (χ1) is 10.0. The molecule has 6 nitrogen and oxygen atoms in total. The summed E-state index contributed by atoms with van der Waals surface area (Å²) in [6, 6.07) is 4.33. The molecule has 2 amide bonds. The molecule has 1 aromatic rings. The fourth-order valence-electron chi connectivity index (χ4n) is 2.64. The number of anilines is 1. The maximum atomic E-state index is 12.0. The van der Waals surface area contributed by atoms with E-state index in [4.69, 9.17) is 9.84 Å². The van der Waals surface area contributed by atoms with Crippen LogP contribution in [0.2, 0.25) is 0 Å². The molecule has 2 unspecified atom stereocenters. The van der Waals surface area contributed by atoms with Crippen LogP contribution < -0.4 is 10.6 Å². The van der Waals surface area contributed by atoms with E-state index in [1.54, 1.807) is 20.1 Å².